The van der Waals surface area contributed by atoms with Gasteiger partial charge >= 0.3 is 0 Å². The van der Waals surface area contributed by atoms with Gasteiger partial charge in [-0.05, 0) is 54.3 Å². The number of halogens is 1. The Balaban J connectivity index is 1.55. The summed E-state index contributed by atoms with van der Waals surface area (Å²) in [6, 6.07) is 10.2. The monoisotopic (exact) mass is 436 g/mol. The van der Waals surface area contributed by atoms with Gasteiger partial charge in [0.1, 0.15) is 11.5 Å². The third kappa shape index (κ3) is 4.36. The lowest BCUT2D eigenvalue weighted by molar-refractivity contribution is 0.0728. The smallest absolute Gasteiger partial charge is 0.273 e. The number of benzene rings is 1. The molecule has 3 heterocycles. The molecule has 2 amide bonds. The Labute approximate surface area is 183 Å². The molecule has 164 valence electrons. The quantitative estimate of drug-likeness (QED) is 0.566. The van der Waals surface area contributed by atoms with E-state index < -0.39 is 29.3 Å². The number of nitrogens with zero attached hydrogens (tertiary/aromatic N) is 3. The van der Waals surface area contributed by atoms with Crippen LogP contribution in [0.4, 0.5) is 4.39 Å². The molecule has 1 atom stereocenters. The first-order valence-electron chi connectivity index (χ1n) is 10.1. The number of amides is 2. The predicted octanol–water partition coefficient (Wildman–Crippen LogP) is 2.93. The van der Waals surface area contributed by atoms with Gasteiger partial charge in [-0.2, -0.15) is 0 Å². The molecule has 0 bridgehead atoms. The Bertz CT molecular complexity index is 1140. The van der Waals surface area contributed by atoms with Crippen LogP contribution in [0, 0.1) is 5.82 Å². The number of aromatic nitrogens is 2. The van der Waals surface area contributed by atoms with E-state index in [4.69, 9.17) is 0 Å². The maximum absolute atomic E-state index is 13.2. The molecule has 9 heteroatoms. The van der Waals surface area contributed by atoms with E-state index in [1.807, 2.05) is 12.1 Å². The first-order valence-corrected chi connectivity index (χ1v) is 10.1. The molecule has 0 spiro atoms. The first kappa shape index (κ1) is 21.2. The molecule has 1 saturated heterocycles. The summed E-state index contributed by atoms with van der Waals surface area (Å²) in [6.07, 6.45) is 4.88. The Morgan fingerprint density at radius 1 is 1.12 bits per heavy atom. The van der Waals surface area contributed by atoms with Gasteiger partial charge in [-0.3, -0.25) is 14.6 Å². The zero-order chi connectivity index (χ0) is 22.7. The molecule has 0 saturated carbocycles. The average molecular weight is 436 g/mol. The maximum Gasteiger partial charge on any atom is 0.273 e. The molecule has 1 aliphatic rings. The molecule has 3 N–H and O–H groups in total. The minimum Gasteiger partial charge on any atom is -0.503 e. The minimum absolute atomic E-state index is 0.0706. The van der Waals surface area contributed by atoms with Crippen LogP contribution < -0.4 is 5.32 Å². The van der Waals surface area contributed by atoms with Crippen LogP contribution >= 0.6 is 0 Å². The van der Waals surface area contributed by atoms with E-state index in [1.165, 1.54) is 30.3 Å². The highest BCUT2D eigenvalue weighted by molar-refractivity contribution is 6.01. The number of aromatic hydroxyl groups is 2. The van der Waals surface area contributed by atoms with Gasteiger partial charge in [0.25, 0.3) is 17.7 Å². The number of carbonyl (C=O) groups is 2. The molecule has 3 aromatic rings. The van der Waals surface area contributed by atoms with E-state index in [2.05, 4.69) is 15.3 Å². The van der Waals surface area contributed by atoms with Crippen molar-refractivity contribution in [2.45, 2.75) is 25.4 Å². The van der Waals surface area contributed by atoms with Crippen LogP contribution in [-0.2, 0) is 6.54 Å². The van der Waals surface area contributed by atoms with Gasteiger partial charge < -0.3 is 20.4 Å². The van der Waals surface area contributed by atoms with Crippen LogP contribution in [0.15, 0.2) is 54.9 Å². The first-order chi connectivity index (χ1) is 15.4. The standard InChI is InChI=1S/C23H21FN4O4/c24-16-5-3-14(4-6-16)13-26-21(30)17-12-18(27-22(31)20(17)29)23(32)28-11-1-2-19(28)15-7-9-25-10-8-15/h3-10,12,19,29H,1-2,11,13H2,(H,26,30)(H,27,31). The number of pyridine rings is 2. The third-order valence-electron chi connectivity index (χ3n) is 5.41. The summed E-state index contributed by atoms with van der Waals surface area (Å²) < 4.78 is 13.0. The van der Waals surface area contributed by atoms with Gasteiger partial charge in [-0.1, -0.05) is 12.1 Å². The Morgan fingerprint density at radius 2 is 1.84 bits per heavy atom. The van der Waals surface area contributed by atoms with E-state index >= 15 is 0 Å². The van der Waals surface area contributed by atoms with E-state index in [-0.39, 0.29) is 23.8 Å². The van der Waals surface area contributed by atoms with Gasteiger partial charge in [0, 0.05) is 25.5 Å². The van der Waals surface area contributed by atoms with Crippen molar-refractivity contribution in [2.24, 2.45) is 0 Å². The molecular weight excluding hydrogens is 415 g/mol. The summed E-state index contributed by atoms with van der Waals surface area (Å²) in [4.78, 5) is 35.2. The molecule has 8 nitrogen and oxygen atoms in total. The van der Waals surface area contributed by atoms with Crippen molar-refractivity contribution in [1.82, 2.24) is 20.2 Å². The number of rotatable bonds is 5. The molecule has 4 rings (SSSR count). The van der Waals surface area contributed by atoms with Crippen LogP contribution in [0.25, 0.3) is 0 Å². The number of hydrogen-bond acceptors (Lipinski definition) is 6. The molecule has 0 radical (unpaired) electrons. The summed E-state index contributed by atoms with van der Waals surface area (Å²) in [5.74, 6) is -3.07. The van der Waals surface area contributed by atoms with Crippen molar-refractivity contribution in [1.29, 1.82) is 0 Å². The minimum atomic E-state index is -0.803. The SMILES string of the molecule is O=C(NCc1ccc(F)cc1)c1cc(C(=O)N2CCCC2c2ccncc2)nc(O)c1O. The molecular formula is C23H21FN4O4. The largest absolute Gasteiger partial charge is 0.503 e. The summed E-state index contributed by atoms with van der Waals surface area (Å²) in [5.41, 5.74) is 1.16. The van der Waals surface area contributed by atoms with E-state index in [1.54, 1.807) is 17.3 Å². The fourth-order valence-electron chi connectivity index (χ4n) is 3.78. The van der Waals surface area contributed by atoms with Crippen molar-refractivity contribution in [3.05, 3.63) is 83.1 Å². The predicted molar refractivity (Wildman–Crippen MR) is 112 cm³/mol. The van der Waals surface area contributed by atoms with Crippen molar-refractivity contribution < 1.29 is 24.2 Å². The fraction of sp³-hybridized carbons (Fsp3) is 0.217. The highest BCUT2D eigenvalue weighted by Gasteiger charge is 2.32. The van der Waals surface area contributed by atoms with Crippen LogP contribution in [0.3, 0.4) is 0 Å². The topological polar surface area (TPSA) is 116 Å². The van der Waals surface area contributed by atoms with Crippen molar-refractivity contribution in [3.8, 4) is 11.6 Å². The van der Waals surface area contributed by atoms with E-state index in [9.17, 15) is 24.2 Å². The lowest BCUT2D eigenvalue weighted by atomic mass is 10.1. The summed E-state index contributed by atoms with van der Waals surface area (Å²) >= 11 is 0. The second-order valence-electron chi connectivity index (χ2n) is 7.47. The number of hydrogen-bond donors (Lipinski definition) is 3. The third-order valence-corrected chi connectivity index (χ3v) is 5.41. The molecule has 1 aliphatic heterocycles. The molecule has 1 unspecified atom stereocenters. The molecule has 1 fully saturated rings. The van der Waals surface area contributed by atoms with Crippen molar-refractivity contribution in [3.63, 3.8) is 0 Å². The van der Waals surface area contributed by atoms with E-state index in [0.29, 0.717) is 12.1 Å². The van der Waals surface area contributed by atoms with Crippen LogP contribution in [0.5, 0.6) is 11.6 Å². The second-order valence-corrected chi connectivity index (χ2v) is 7.47. The highest BCUT2D eigenvalue weighted by Crippen LogP contribution is 2.34. The molecule has 0 aliphatic carbocycles. The molecule has 2 aromatic heterocycles. The summed E-state index contributed by atoms with van der Waals surface area (Å²) in [5, 5.41) is 22.8. The van der Waals surface area contributed by atoms with E-state index in [0.717, 1.165) is 18.4 Å². The summed E-state index contributed by atoms with van der Waals surface area (Å²) in [7, 11) is 0. The Hall–Kier alpha value is -4.01. The fourth-order valence-corrected chi connectivity index (χ4v) is 3.78. The number of likely N-dealkylation sites (tertiary alicyclic amines) is 1. The van der Waals surface area contributed by atoms with Crippen LogP contribution in [0.1, 0.15) is 50.9 Å². The molecule has 1 aromatic carbocycles. The average Bonchev–Trinajstić information content (AvgIpc) is 3.30. The lowest BCUT2D eigenvalue weighted by Gasteiger charge is -2.25. The van der Waals surface area contributed by atoms with Crippen molar-refractivity contribution in [2.75, 3.05) is 6.54 Å². The van der Waals surface area contributed by atoms with Crippen LogP contribution in [0.2, 0.25) is 0 Å². The maximum atomic E-state index is 13.2. The molecule has 32 heavy (non-hydrogen) atoms. The van der Waals surface area contributed by atoms with Gasteiger partial charge in [-0.25, -0.2) is 9.37 Å². The number of carbonyl (C=O) groups excluding carboxylic acids is 2. The Morgan fingerprint density at radius 3 is 2.56 bits per heavy atom. The lowest BCUT2D eigenvalue weighted by Crippen LogP contribution is -2.31. The van der Waals surface area contributed by atoms with Crippen molar-refractivity contribution >= 4 is 11.8 Å². The second kappa shape index (κ2) is 9.01. The highest BCUT2D eigenvalue weighted by atomic mass is 19.1. The zero-order valence-corrected chi connectivity index (χ0v) is 17.0. The van der Waals surface area contributed by atoms with Gasteiger partial charge in [-0.15, -0.1) is 0 Å². The summed E-state index contributed by atoms with van der Waals surface area (Å²) in [6.45, 7) is 0.572. The number of nitrogens with one attached hydrogen (secondary N) is 1. The van der Waals surface area contributed by atoms with Crippen LogP contribution in [-0.4, -0.2) is 43.4 Å². The zero-order valence-electron chi connectivity index (χ0n) is 17.0. The van der Waals surface area contributed by atoms with Gasteiger partial charge in [0.15, 0.2) is 5.75 Å². The normalized spacial score (nSPS) is 15.5. The van der Waals surface area contributed by atoms with Gasteiger partial charge in [0.05, 0.1) is 11.6 Å². The Kier molecular flexibility index (Phi) is 5.98. The van der Waals surface area contributed by atoms with Gasteiger partial charge in [0.2, 0.25) is 0 Å².